The number of amides is 1. The van der Waals surface area contributed by atoms with Gasteiger partial charge in [-0.2, -0.15) is 0 Å². The Bertz CT molecular complexity index is 879. The molecule has 2 aromatic carbocycles. The molecule has 26 heavy (non-hydrogen) atoms. The first-order valence-corrected chi connectivity index (χ1v) is 9.54. The number of para-hydroxylation sites is 1. The molecule has 0 bridgehead atoms. The van der Waals surface area contributed by atoms with E-state index in [0.29, 0.717) is 12.3 Å². The van der Waals surface area contributed by atoms with E-state index in [9.17, 15) is 22.0 Å². The molecule has 140 valence electrons. The fourth-order valence-corrected chi connectivity index (χ4v) is 3.27. The molecule has 0 heterocycles. The van der Waals surface area contributed by atoms with Crippen molar-refractivity contribution in [2.24, 2.45) is 5.92 Å². The number of rotatable bonds is 7. The summed E-state index contributed by atoms with van der Waals surface area (Å²) in [4.78, 5) is 12.1. The van der Waals surface area contributed by atoms with Crippen molar-refractivity contribution in [2.45, 2.75) is 25.2 Å². The molecule has 1 amide bonds. The van der Waals surface area contributed by atoms with Gasteiger partial charge < -0.3 is 5.32 Å². The van der Waals surface area contributed by atoms with Crippen LogP contribution in [-0.4, -0.2) is 20.9 Å². The third-order valence-corrected chi connectivity index (χ3v) is 5.08. The van der Waals surface area contributed by atoms with Crippen LogP contribution >= 0.6 is 0 Å². The van der Waals surface area contributed by atoms with Gasteiger partial charge in [0.1, 0.15) is 17.3 Å². The molecule has 0 aliphatic heterocycles. The van der Waals surface area contributed by atoms with Crippen LogP contribution in [0.25, 0.3) is 0 Å². The second kappa shape index (κ2) is 8.37. The zero-order valence-electron chi connectivity index (χ0n) is 14.4. The zero-order valence-corrected chi connectivity index (χ0v) is 15.2. The summed E-state index contributed by atoms with van der Waals surface area (Å²) in [6, 6.07) is 8.46. The highest BCUT2D eigenvalue weighted by Crippen LogP contribution is 2.20. The van der Waals surface area contributed by atoms with Crippen LogP contribution in [0.15, 0.2) is 47.4 Å². The van der Waals surface area contributed by atoms with E-state index in [-0.39, 0.29) is 17.0 Å². The number of halogens is 2. The fraction of sp³-hybridized carbons (Fsp3) is 0.278. The van der Waals surface area contributed by atoms with Crippen LogP contribution < -0.4 is 10.0 Å². The van der Waals surface area contributed by atoms with Gasteiger partial charge in [0.05, 0.1) is 4.90 Å². The first-order chi connectivity index (χ1) is 12.2. The van der Waals surface area contributed by atoms with Crippen molar-refractivity contribution >= 4 is 21.6 Å². The van der Waals surface area contributed by atoms with E-state index < -0.39 is 33.3 Å². The number of carbonyl (C=O) groups excluding carboxylic acids is 1. The summed E-state index contributed by atoms with van der Waals surface area (Å²) >= 11 is 0. The first-order valence-electron chi connectivity index (χ1n) is 8.06. The van der Waals surface area contributed by atoms with Crippen molar-refractivity contribution in [1.82, 2.24) is 4.72 Å². The van der Waals surface area contributed by atoms with E-state index in [2.05, 4.69) is 10.0 Å². The van der Waals surface area contributed by atoms with Crippen molar-refractivity contribution in [3.63, 3.8) is 0 Å². The van der Waals surface area contributed by atoms with E-state index in [0.717, 1.165) is 18.2 Å². The molecule has 0 fully saturated rings. The van der Waals surface area contributed by atoms with Gasteiger partial charge in [-0.05, 0) is 42.7 Å². The van der Waals surface area contributed by atoms with Gasteiger partial charge in [0.15, 0.2) is 0 Å². The van der Waals surface area contributed by atoms with Gasteiger partial charge in [-0.15, -0.1) is 0 Å². The number of benzene rings is 2. The zero-order chi connectivity index (χ0) is 19.3. The SMILES string of the molecule is CC(C)CCNS(=O)(=O)c1cccc(C(=O)Nc2c(F)cccc2F)c1. The van der Waals surface area contributed by atoms with Crippen molar-refractivity contribution in [1.29, 1.82) is 0 Å². The van der Waals surface area contributed by atoms with Crippen molar-refractivity contribution in [2.75, 3.05) is 11.9 Å². The molecule has 0 saturated heterocycles. The Morgan fingerprint density at radius 2 is 1.69 bits per heavy atom. The lowest BCUT2D eigenvalue weighted by Crippen LogP contribution is -2.26. The van der Waals surface area contributed by atoms with Gasteiger partial charge in [0.2, 0.25) is 10.0 Å². The summed E-state index contributed by atoms with van der Waals surface area (Å²) in [5.74, 6) is -2.31. The summed E-state index contributed by atoms with van der Waals surface area (Å²) < 4.78 is 54.3. The summed E-state index contributed by atoms with van der Waals surface area (Å²) in [5.41, 5.74) is -0.611. The minimum Gasteiger partial charge on any atom is -0.317 e. The van der Waals surface area contributed by atoms with Gasteiger partial charge in [-0.25, -0.2) is 21.9 Å². The van der Waals surface area contributed by atoms with Crippen LogP contribution in [0.3, 0.4) is 0 Å². The summed E-state index contributed by atoms with van der Waals surface area (Å²) in [7, 11) is -3.78. The molecule has 0 atom stereocenters. The molecule has 0 aliphatic rings. The van der Waals surface area contributed by atoms with Gasteiger partial charge in [0, 0.05) is 12.1 Å². The quantitative estimate of drug-likeness (QED) is 0.769. The molecule has 2 N–H and O–H groups in total. The van der Waals surface area contributed by atoms with Gasteiger partial charge in [-0.1, -0.05) is 26.0 Å². The topological polar surface area (TPSA) is 75.3 Å². The number of hydrogen-bond donors (Lipinski definition) is 2. The highest BCUT2D eigenvalue weighted by atomic mass is 32.2. The van der Waals surface area contributed by atoms with Crippen molar-refractivity contribution in [3.05, 3.63) is 59.7 Å². The second-order valence-electron chi connectivity index (χ2n) is 6.16. The van der Waals surface area contributed by atoms with E-state index >= 15 is 0 Å². The molecule has 0 radical (unpaired) electrons. The minimum atomic E-state index is -3.78. The number of carbonyl (C=O) groups is 1. The van der Waals surface area contributed by atoms with Crippen molar-refractivity contribution in [3.8, 4) is 0 Å². The number of anilines is 1. The maximum absolute atomic E-state index is 13.6. The Kier molecular flexibility index (Phi) is 6.44. The van der Waals surface area contributed by atoms with E-state index in [4.69, 9.17) is 0 Å². The molecule has 0 aromatic heterocycles. The average molecular weight is 382 g/mol. The predicted molar refractivity (Wildman–Crippen MR) is 95.4 cm³/mol. The molecule has 0 saturated carbocycles. The Morgan fingerprint density at radius 1 is 1.08 bits per heavy atom. The number of nitrogens with one attached hydrogen (secondary N) is 2. The molecular weight excluding hydrogens is 362 g/mol. The third-order valence-electron chi connectivity index (χ3n) is 3.62. The monoisotopic (exact) mass is 382 g/mol. The molecular formula is C18H20F2N2O3S. The van der Waals surface area contributed by atoms with Crippen LogP contribution in [0.5, 0.6) is 0 Å². The maximum atomic E-state index is 13.6. The Hall–Kier alpha value is -2.32. The van der Waals surface area contributed by atoms with E-state index in [1.54, 1.807) is 0 Å². The Labute approximate surface area is 151 Å². The second-order valence-corrected chi connectivity index (χ2v) is 7.93. The highest BCUT2D eigenvalue weighted by Gasteiger charge is 2.18. The van der Waals surface area contributed by atoms with Gasteiger partial charge in [0.25, 0.3) is 5.91 Å². The highest BCUT2D eigenvalue weighted by molar-refractivity contribution is 7.89. The fourth-order valence-electron chi connectivity index (χ4n) is 2.17. The van der Waals surface area contributed by atoms with Gasteiger partial charge >= 0.3 is 0 Å². The minimum absolute atomic E-state index is 0.0283. The summed E-state index contributed by atoms with van der Waals surface area (Å²) in [5, 5.41) is 2.13. The van der Waals surface area contributed by atoms with Crippen LogP contribution in [-0.2, 0) is 10.0 Å². The smallest absolute Gasteiger partial charge is 0.255 e. The number of sulfonamides is 1. The van der Waals surface area contributed by atoms with Crippen LogP contribution in [0.4, 0.5) is 14.5 Å². The standard InChI is InChI=1S/C18H20F2N2O3S/c1-12(2)9-10-21-26(24,25)14-6-3-5-13(11-14)18(23)22-17-15(19)7-4-8-16(17)20/h3-8,11-12,21H,9-10H2,1-2H3,(H,22,23). The lowest BCUT2D eigenvalue weighted by molar-refractivity contribution is 0.102. The number of hydrogen-bond acceptors (Lipinski definition) is 3. The summed E-state index contributed by atoms with van der Waals surface area (Å²) in [6.07, 6.45) is 0.673. The van der Waals surface area contributed by atoms with Crippen molar-refractivity contribution < 1.29 is 22.0 Å². The Balaban J connectivity index is 2.19. The normalized spacial score (nSPS) is 11.6. The lowest BCUT2D eigenvalue weighted by atomic mass is 10.1. The molecule has 8 heteroatoms. The van der Waals surface area contributed by atoms with Crippen LogP contribution in [0, 0.1) is 17.6 Å². The molecule has 2 aromatic rings. The summed E-state index contributed by atoms with van der Waals surface area (Å²) in [6.45, 7) is 4.22. The molecule has 5 nitrogen and oxygen atoms in total. The lowest BCUT2D eigenvalue weighted by Gasteiger charge is -2.10. The average Bonchev–Trinajstić information content (AvgIpc) is 2.57. The Morgan fingerprint density at radius 3 is 2.31 bits per heavy atom. The van der Waals surface area contributed by atoms with Gasteiger partial charge in [-0.3, -0.25) is 4.79 Å². The van der Waals surface area contributed by atoms with Crippen LogP contribution in [0.2, 0.25) is 0 Å². The van der Waals surface area contributed by atoms with E-state index in [1.165, 1.54) is 24.3 Å². The largest absolute Gasteiger partial charge is 0.317 e. The molecule has 0 spiro atoms. The third kappa shape index (κ3) is 5.09. The molecule has 0 unspecified atom stereocenters. The van der Waals surface area contributed by atoms with Crippen LogP contribution in [0.1, 0.15) is 30.6 Å². The predicted octanol–water partition coefficient (Wildman–Crippen LogP) is 3.54. The molecule has 0 aliphatic carbocycles. The van der Waals surface area contributed by atoms with E-state index in [1.807, 2.05) is 13.8 Å². The first kappa shape index (κ1) is 20.0. The maximum Gasteiger partial charge on any atom is 0.255 e. The molecule has 2 rings (SSSR count).